The monoisotopic (exact) mass is 504 g/mol. The second-order valence-electron chi connectivity index (χ2n) is 8.00. The van der Waals surface area contributed by atoms with Crippen molar-refractivity contribution in [3.63, 3.8) is 0 Å². The number of amides is 1. The average molecular weight is 504 g/mol. The fourth-order valence-corrected chi connectivity index (χ4v) is 5.95. The molecule has 182 valence electrons. The van der Waals surface area contributed by atoms with Crippen LogP contribution in [0.1, 0.15) is 33.1 Å². The van der Waals surface area contributed by atoms with Crippen molar-refractivity contribution in [1.82, 2.24) is 4.90 Å². The molecule has 0 radical (unpaired) electrons. The van der Waals surface area contributed by atoms with E-state index in [4.69, 9.17) is 0 Å². The van der Waals surface area contributed by atoms with Gasteiger partial charge in [0.2, 0.25) is 9.84 Å². The quantitative estimate of drug-likeness (QED) is 0.376. The van der Waals surface area contributed by atoms with Crippen LogP contribution in [0, 0.1) is 10.1 Å². The van der Waals surface area contributed by atoms with Crippen molar-refractivity contribution in [2.75, 3.05) is 6.54 Å². The summed E-state index contributed by atoms with van der Waals surface area (Å²) < 4.78 is 66.6. The molecule has 0 aromatic heterocycles. The van der Waals surface area contributed by atoms with Gasteiger partial charge in [0.05, 0.1) is 10.5 Å². The Bertz CT molecular complexity index is 1380. The summed E-state index contributed by atoms with van der Waals surface area (Å²) in [5.74, 6) is -0.925. The van der Waals surface area contributed by atoms with E-state index in [0.717, 1.165) is 17.0 Å². The van der Waals surface area contributed by atoms with Crippen molar-refractivity contribution in [3.8, 4) is 0 Å². The first-order valence-electron chi connectivity index (χ1n) is 10.5. The maximum atomic E-state index is 13.4. The molecule has 3 aromatic rings. The third-order valence-corrected chi connectivity index (χ3v) is 7.89. The Labute approximate surface area is 198 Å². The van der Waals surface area contributed by atoms with E-state index in [1.54, 1.807) is 24.3 Å². The molecule has 11 heteroatoms. The van der Waals surface area contributed by atoms with Crippen LogP contribution in [0.4, 0.5) is 13.2 Å². The number of hydrogen-bond acceptors (Lipinski definition) is 5. The summed E-state index contributed by atoms with van der Waals surface area (Å²) in [4.78, 5) is 25.4. The third kappa shape index (κ3) is 4.63. The van der Waals surface area contributed by atoms with Crippen LogP contribution in [0.2, 0.25) is 0 Å². The summed E-state index contributed by atoms with van der Waals surface area (Å²) >= 11 is 0. The van der Waals surface area contributed by atoms with Gasteiger partial charge in [-0.3, -0.25) is 14.9 Å². The fourth-order valence-electron chi connectivity index (χ4n) is 4.28. The van der Waals surface area contributed by atoms with Crippen molar-refractivity contribution < 1.29 is 31.3 Å². The number of alkyl halides is 3. The van der Waals surface area contributed by atoms with Gasteiger partial charge >= 0.3 is 11.6 Å². The average Bonchev–Trinajstić information content (AvgIpc) is 2.83. The molecule has 4 rings (SSSR count). The molecule has 35 heavy (non-hydrogen) atoms. The lowest BCUT2D eigenvalue weighted by molar-refractivity contribution is -0.505. The Balaban J connectivity index is 1.87. The van der Waals surface area contributed by atoms with Gasteiger partial charge in [0, 0.05) is 17.0 Å². The van der Waals surface area contributed by atoms with Gasteiger partial charge in [0.25, 0.3) is 5.91 Å². The van der Waals surface area contributed by atoms with Crippen LogP contribution in [0.15, 0.2) is 83.8 Å². The van der Waals surface area contributed by atoms with E-state index < -0.39 is 43.8 Å². The first-order valence-corrected chi connectivity index (χ1v) is 12.0. The summed E-state index contributed by atoms with van der Waals surface area (Å²) in [6.07, 6.45) is -4.45. The molecule has 0 spiro atoms. The van der Waals surface area contributed by atoms with Gasteiger partial charge < -0.3 is 4.90 Å². The SMILES string of the molecule is O=C(c1cccc(C(F)(F)F)c1)N1CCc2ccccc2[C@@H]1[C@@H]([N+](=O)[O-])S(=O)(=O)c1ccccc1. The Morgan fingerprint density at radius 2 is 1.66 bits per heavy atom. The number of nitro groups is 1. The predicted octanol–water partition coefficient (Wildman–Crippen LogP) is 4.52. The highest BCUT2D eigenvalue weighted by Gasteiger charge is 2.51. The molecule has 0 unspecified atom stereocenters. The molecular formula is C24H19F3N2O5S. The van der Waals surface area contributed by atoms with Crippen molar-refractivity contribution in [1.29, 1.82) is 0 Å². The molecular weight excluding hydrogens is 485 g/mol. The standard InChI is InChI=1S/C24H19F3N2O5S/c25-24(26,27)18-9-6-8-17(15-18)22(30)28-14-13-16-7-4-5-12-20(16)21(28)23(29(31)32)35(33,34)19-10-2-1-3-11-19/h1-12,15,21,23H,13-14H2/t21-,23+/m1/s1. The normalized spacial score (nSPS) is 16.9. The lowest BCUT2D eigenvalue weighted by Crippen LogP contribution is -2.50. The number of carbonyl (C=O) groups is 1. The van der Waals surface area contributed by atoms with E-state index in [1.807, 2.05) is 0 Å². The molecule has 1 amide bonds. The summed E-state index contributed by atoms with van der Waals surface area (Å²) in [6.45, 7) is -0.106. The molecule has 0 N–H and O–H groups in total. The maximum Gasteiger partial charge on any atom is 0.416 e. The van der Waals surface area contributed by atoms with Gasteiger partial charge in [-0.25, -0.2) is 8.42 Å². The summed E-state index contributed by atoms with van der Waals surface area (Å²) in [5, 5.41) is 9.98. The molecule has 7 nitrogen and oxygen atoms in total. The molecule has 0 saturated carbocycles. The predicted molar refractivity (Wildman–Crippen MR) is 120 cm³/mol. The van der Waals surface area contributed by atoms with Crippen molar-refractivity contribution in [3.05, 3.63) is 111 Å². The molecule has 2 atom stereocenters. The number of fused-ring (bicyclic) bond motifs is 1. The van der Waals surface area contributed by atoms with Gasteiger partial charge in [-0.2, -0.15) is 13.2 Å². The zero-order chi connectivity index (χ0) is 25.4. The van der Waals surface area contributed by atoms with E-state index in [1.165, 1.54) is 36.4 Å². The lowest BCUT2D eigenvalue weighted by atomic mass is 9.91. The Kier molecular flexibility index (Phi) is 6.37. The van der Waals surface area contributed by atoms with Crippen LogP contribution >= 0.6 is 0 Å². The van der Waals surface area contributed by atoms with Crippen LogP contribution in [-0.4, -0.2) is 36.1 Å². The highest BCUT2D eigenvalue weighted by molar-refractivity contribution is 7.91. The second kappa shape index (κ2) is 9.14. The molecule has 0 bridgehead atoms. The molecule has 0 saturated heterocycles. The molecule has 3 aromatic carbocycles. The minimum atomic E-state index is -4.70. The van der Waals surface area contributed by atoms with Crippen LogP contribution in [0.25, 0.3) is 0 Å². The number of carbonyl (C=O) groups excluding carboxylic acids is 1. The van der Waals surface area contributed by atoms with E-state index in [9.17, 15) is 36.5 Å². The van der Waals surface area contributed by atoms with E-state index in [-0.39, 0.29) is 29.0 Å². The Morgan fingerprint density at radius 1 is 1.00 bits per heavy atom. The molecule has 1 aliphatic heterocycles. The van der Waals surface area contributed by atoms with Crippen LogP contribution < -0.4 is 0 Å². The van der Waals surface area contributed by atoms with E-state index >= 15 is 0 Å². The summed E-state index contributed by atoms with van der Waals surface area (Å²) in [5.41, 5.74) is -0.510. The van der Waals surface area contributed by atoms with Crippen molar-refractivity contribution in [2.24, 2.45) is 0 Å². The van der Waals surface area contributed by atoms with Crippen LogP contribution in [0.3, 0.4) is 0 Å². The number of hydrogen-bond donors (Lipinski definition) is 0. The minimum Gasteiger partial charge on any atom is -0.323 e. The number of benzene rings is 3. The smallest absolute Gasteiger partial charge is 0.323 e. The fraction of sp³-hybridized carbons (Fsp3) is 0.208. The van der Waals surface area contributed by atoms with Crippen molar-refractivity contribution in [2.45, 2.75) is 28.9 Å². The number of halogens is 3. The first-order chi connectivity index (χ1) is 16.5. The number of rotatable bonds is 5. The molecule has 0 aliphatic carbocycles. The Hall–Kier alpha value is -3.73. The largest absolute Gasteiger partial charge is 0.416 e. The van der Waals surface area contributed by atoms with Gasteiger partial charge in [0.1, 0.15) is 6.04 Å². The second-order valence-corrected chi connectivity index (χ2v) is 10.0. The van der Waals surface area contributed by atoms with E-state index in [2.05, 4.69) is 0 Å². The van der Waals surface area contributed by atoms with Crippen molar-refractivity contribution >= 4 is 15.7 Å². The van der Waals surface area contributed by atoms with Crippen LogP contribution in [0.5, 0.6) is 0 Å². The zero-order valence-electron chi connectivity index (χ0n) is 18.1. The van der Waals surface area contributed by atoms with Gasteiger partial charge in [-0.05, 0) is 47.9 Å². The molecule has 1 heterocycles. The van der Waals surface area contributed by atoms with Gasteiger partial charge in [-0.1, -0.05) is 48.5 Å². The minimum absolute atomic E-state index is 0.106. The number of nitrogens with zero attached hydrogens (tertiary/aromatic N) is 2. The van der Waals surface area contributed by atoms with Gasteiger partial charge in [0.15, 0.2) is 0 Å². The lowest BCUT2D eigenvalue weighted by Gasteiger charge is -2.38. The summed E-state index contributed by atoms with van der Waals surface area (Å²) in [6, 6.07) is 15.4. The first kappa shape index (κ1) is 24.4. The molecule has 1 aliphatic rings. The summed E-state index contributed by atoms with van der Waals surface area (Å²) in [7, 11) is -4.60. The zero-order valence-corrected chi connectivity index (χ0v) is 18.9. The molecule has 0 fully saturated rings. The Morgan fingerprint density at radius 3 is 2.31 bits per heavy atom. The number of sulfone groups is 1. The highest BCUT2D eigenvalue weighted by Crippen LogP contribution is 2.39. The highest BCUT2D eigenvalue weighted by atomic mass is 32.2. The van der Waals surface area contributed by atoms with Gasteiger partial charge in [-0.15, -0.1) is 0 Å². The van der Waals surface area contributed by atoms with E-state index in [0.29, 0.717) is 11.6 Å². The topological polar surface area (TPSA) is 97.6 Å². The third-order valence-electron chi connectivity index (χ3n) is 5.90. The van der Waals surface area contributed by atoms with Crippen LogP contribution in [-0.2, 0) is 22.4 Å². The maximum absolute atomic E-state index is 13.4.